The molecule has 0 aliphatic heterocycles. The molecule has 0 saturated carbocycles. The lowest BCUT2D eigenvalue weighted by Crippen LogP contribution is -1.95. The van der Waals surface area contributed by atoms with Gasteiger partial charge in [-0.15, -0.1) is 0 Å². The molecule has 290 valence electrons. The maximum absolute atomic E-state index is 6.42. The fourth-order valence-electron chi connectivity index (χ4n) is 8.55. The van der Waals surface area contributed by atoms with E-state index >= 15 is 0 Å². The summed E-state index contributed by atoms with van der Waals surface area (Å²) < 4.78 is 12.8. The zero-order valence-electron chi connectivity index (χ0n) is 33.2. The largest absolute Gasteiger partial charge is 0.438 e. The van der Waals surface area contributed by atoms with Crippen LogP contribution in [0, 0.1) is 0 Å². The highest BCUT2D eigenvalue weighted by molar-refractivity contribution is 6.12. The van der Waals surface area contributed by atoms with Crippen molar-refractivity contribution < 1.29 is 8.83 Å². The highest BCUT2D eigenvalue weighted by Crippen LogP contribution is 2.41. The summed E-state index contributed by atoms with van der Waals surface area (Å²) in [5, 5.41) is 3.75. The predicted octanol–water partition coefficient (Wildman–Crippen LogP) is 14.7. The molecule has 0 bridgehead atoms. The Bertz CT molecular complexity index is 3630. The molecule has 4 aromatic heterocycles. The minimum absolute atomic E-state index is 0.559. The van der Waals surface area contributed by atoms with E-state index in [2.05, 4.69) is 103 Å². The summed E-state index contributed by atoms with van der Waals surface area (Å²) in [7, 11) is 0. The standard InChI is InChI=1S/C56H34N4O2/c1-4-16-35(17-5-1)42-32-43(34-44(33-42)52-50-46-27-11-13-29-48(46)62-56(50)60-54(58-52)37-20-8-3-9-21-37)40-24-14-22-38(30-40)39-23-15-25-41(31-39)51-49-45-26-10-12-28-47(45)61-55(49)59-53(57-51)36-18-6-2-7-19-36/h1-34H. The average molecular weight is 795 g/mol. The Kier molecular flexibility index (Phi) is 8.38. The molecule has 12 aromatic rings. The molecule has 4 heterocycles. The van der Waals surface area contributed by atoms with Crippen LogP contribution in [0.1, 0.15) is 0 Å². The van der Waals surface area contributed by atoms with E-state index in [1.807, 2.05) is 103 Å². The van der Waals surface area contributed by atoms with E-state index in [1.165, 1.54) is 0 Å². The summed E-state index contributed by atoms with van der Waals surface area (Å²) >= 11 is 0. The fraction of sp³-hybridized carbons (Fsp3) is 0. The SMILES string of the molecule is c1ccc(-c2cc(-c3cccc(-c4cccc(-c5nc(-c6ccccc6)nc6oc7ccccc7c56)c4)c3)cc(-c3nc(-c4ccccc4)nc4oc5ccccc5c34)c2)cc1. The fourth-order valence-corrected chi connectivity index (χ4v) is 8.55. The number of aromatic nitrogens is 4. The molecule has 0 amide bonds. The van der Waals surface area contributed by atoms with Crippen molar-refractivity contribution in [2.75, 3.05) is 0 Å². The van der Waals surface area contributed by atoms with E-state index in [4.69, 9.17) is 28.8 Å². The molecule has 0 unspecified atom stereocenters. The maximum atomic E-state index is 6.42. The van der Waals surface area contributed by atoms with Gasteiger partial charge in [0.05, 0.1) is 22.2 Å². The predicted molar refractivity (Wildman–Crippen MR) is 250 cm³/mol. The van der Waals surface area contributed by atoms with Gasteiger partial charge < -0.3 is 8.83 Å². The minimum Gasteiger partial charge on any atom is -0.438 e. The summed E-state index contributed by atoms with van der Waals surface area (Å²) in [6, 6.07) is 70.9. The first-order valence-electron chi connectivity index (χ1n) is 20.6. The van der Waals surface area contributed by atoms with Gasteiger partial charge in [-0.2, -0.15) is 9.97 Å². The molecule has 0 atom stereocenters. The van der Waals surface area contributed by atoms with Crippen LogP contribution >= 0.6 is 0 Å². The number of benzene rings is 8. The Hall–Kier alpha value is -8.48. The van der Waals surface area contributed by atoms with Crippen molar-refractivity contribution in [1.82, 2.24) is 19.9 Å². The van der Waals surface area contributed by atoms with E-state index in [1.54, 1.807) is 0 Å². The van der Waals surface area contributed by atoms with Gasteiger partial charge in [0.25, 0.3) is 0 Å². The van der Waals surface area contributed by atoms with Crippen LogP contribution in [0.5, 0.6) is 0 Å². The molecule has 0 radical (unpaired) electrons. The molecule has 0 aliphatic carbocycles. The summed E-state index contributed by atoms with van der Waals surface area (Å²) in [6.45, 7) is 0. The number of hydrogen-bond acceptors (Lipinski definition) is 6. The van der Waals surface area contributed by atoms with Crippen LogP contribution in [0.25, 0.3) is 123 Å². The van der Waals surface area contributed by atoms with Gasteiger partial charge >= 0.3 is 0 Å². The smallest absolute Gasteiger partial charge is 0.231 e. The van der Waals surface area contributed by atoms with Gasteiger partial charge in [0.15, 0.2) is 11.6 Å². The lowest BCUT2D eigenvalue weighted by atomic mass is 9.92. The first-order chi connectivity index (χ1) is 30.7. The first kappa shape index (κ1) is 35.5. The number of rotatable bonds is 7. The molecule has 0 fully saturated rings. The highest BCUT2D eigenvalue weighted by atomic mass is 16.3. The maximum Gasteiger partial charge on any atom is 0.231 e. The number of para-hydroxylation sites is 2. The molecular formula is C56H34N4O2. The van der Waals surface area contributed by atoms with E-state index in [0.29, 0.717) is 23.1 Å². The second-order valence-corrected chi connectivity index (χ2v) is 15.4. The Morgan fingerprint density at radius 3 is 1.15 bits per heavy atom. The molecule has 6 nitrogen and oxygen atoms in total. The summed E-state index contributed by atoms with van der Waals surface area (Å²) in [6.07, 6.45) is 0. The minimum atomic E-state index is 0.559. The van der Waals surface area contributed by atoms with Gasteiger partial charge in [-0.05, 0) is 75.8 Å². The van der Waals surface area contributed by atoms with E-state index in [0.717, 1.165) is 99.7 Å². The molecular weight excluding hydrogens is 761 g/mol. The van der Waals surface area contributed by atoms with Crippen LogP contribution in [0.4, 0.5) is 0 Å². The Balaban J connectivity index is 1.02. The van der Waals surface area contributed by atoms with Crippen molar-refractivity contribution in [2.45, 2.75) is 0 Å². The number of furan rings is 2. The Labute approximate surface area is 356 Å². The third-order valence-corrected chi connectivity index (χ3v) is 11.5. The zero-order chi connectivity index (χ0) is 41.0. The van der Waals surface area contributed by atoms with Crippen LogP contribution in [0.15, 0.2) is 215 Å². The molecule has 6 heteroatoms. The van der Waals surface area contributed by atoms with Crippen molar-refractivity contribution in [3.05, 3.63) is 206 Å². The normalized spacial score (nSPS) is 11.5. The van der Waals surface area contributed by atoms with Gasteiger partial charge in [-0.1, -0.05) is 164 Å². The van der Waals surface area contributed by atoms with Gasteiger partial charge in [0.1, 0.15) is 11.2 Å². The topological polar surface area (TPSA) is 77.8 Å². The molecule has 62 heavy (non-hydrogen) atoms. The second-order valence-electron chi connectivity index (χ2n) is 15.4. The molecule has 0 saturated heterocycles. The van der Waals surface area contributed by atoms with E-state index in [9.17, 15) is 0 Å². The third kappa shape index (κ3) is 6.21. The molecule has 0 aliphatic rings. The second kappa shape index (κ2) is 14.7. The van der Waals surface area contributed by atoms with Crippen molar-refractivity contribution >= 4 is 44.1 Å². The number of fused-ring (bicyclic) bond motifs is 6. The van der Waals surface area contributed by atoms with Crippen molar-refractivity contribution in [2.24, 2.45) is 0 Å². The quantitative estimate of drug-likeness (QED) is 0.160. The molecule has 12 rings (SSSR count). The van der Waals surface area contributed by atoms with Gasteiger partial charge in [0.2, 0.25) is 11.4 Å². The summed E-state index contributed by atoms with van der Waals surface area (Å²) in [4.78, 5) is 20.4. The average Bonchev–Trinajstić information content (AvgIpc) is 3.93. The van der Waals surface area contributed by atoms with Crippen LogP contribution in [-0.4, -0.2) is 19.9 Å². The van der Waals surface area contributed by atoms with Crippen molar-refractivity contribution in [3.63, 3.8) is 0 Å². The lowest BCUT2D eigenvalue weighted by Gasteiger charge is -2.14. The van der Waals surface area contributed by atoms with E-state index < -0.39 is 0 Å². The summed E-state index contributed by atoms with van der Waals surface area (Å²) in [5.41, 5.74) is 14.6. The first-order valence-corrected chi connectivity index (χ1v) is 20.6. The van der Waals surface area contributed by atoms with Crippen LogP contribution in [0.3, 0.4) is 0 Å². The van der Waals surface area contributed by atoms with E-state index in [-0.39, 0.29) is 0 Å². The van der Waals surface area contributed by atoms with Gasteiger partial charge in [-0.3, -0.25) is 0 Å². The van der Waals surface area contributed by atoms with Gasteiger partial charge in [-0.25, -0.2) is 9.97 Å². The van der Waals surface area contributed by atoms with Crippen molar-refractivity contribution in [1.29, 1.82) is 0 Å². The molecule has 0 spiro atoms. The Morgan fingerprint density at radius 2 is 0.613 bits per heavy atom. The number of hydrogen-bond donors (Lipinski definition) is 0. The highest BCUT2D eigenvalue weighted by Gasteiger charge is 2.21. The van der Waals surface area contributed by atoms with Crippen molar-refractivity contribution in [3.8, 4) is 78.7 Å². The van der Waals surface area contributed by atoms with Gasteiger partial charge in [0, 0.05) is 33.0 Å². The number of nitrogens with zero attached hydrogens (tertiary/aromatic N) is 4. The van der Waals surface area contributed by atoms with Crippen LogP contribution < -0.4 is 0 Å². The monoisotopic (exact) mass is 794 g/mol. The molecule has 8 aromatic carbocycles. The van der Waals surface area contributed by atoms with Crippen LogP contribution in [0.2, 0.25) is 0 Å². The zero-order valence-corrected chi connectivity index (χ0v) is 33.2. The molecule has 0 N–H and O–H groups in total. The van der Waals surface area contributed by atoms with Crippen LogP contribution in [-0.2, 0) is 0 Å². The Morgan fingerprint density at radius 1 is 0.258 bits per heavy atom. The third-order valence-electron chi connectivity index (χ3n) is 11.5. The lowest BCUT2D eigenvalue weighted by molar-refractivity contribution is 0.653. The summed E-state index contributed by atoms with van der Waals surface area (Å²) in [5.74, 6) is 1.23.